The summed E-state index contributed by atoms with van der Waals surface area (Å²) in [5.41, 5.74) is 1.31. The Morgan fingerprint density at radius 1 is 1.32 bits per heavy atom. The van der Waals surface area contributed by atoms with E-state index in [0.717, 1.165) is 25.9 Å². The van der Waals surface area contributed by atoms with Gasteiger partial charge in [0.1, 0.15) is 0 Å². The first-order chi connectivity index (χ1) is 9.29. The molecule has 1 aromatic heterocycles. The SMILES string of the molecule is Cn1cc(CCCN(CCO)C2CCCCC2)cn1. The van der Waals surface area contributed by atoms with Gasteiger partial charge in [0.15, 0.2) is 0 Å². The molecule has 1 saturated carbocycles. The molecule has 0 bridgehead atoms. The zero-order chi connectivity index (χ0) is 13.5. The number of aromatic nitrogens is 2. The molecule has 2 rings (SSSR count). The summed E-state index contributed by atoms with van der Waals surface area (Å²) in [4.78, 5) is 2.50. The maximum Gasteiger partial charge on any atom is 0.0558 e. The van der Waals surface area contributed by atoms with E-state index < -0.39 is 0 Å². The molecule has 0 amide bonds. The van der Waals surface area contributed by atoms with Crippen LogP contribution in [0.25, 0.3) is 0 Å². The number of aliphatic hydroxyl groups excluding tert-OH is 1. The van der Waals surface area contributed by atoms with Crippen LogP contribution in [0.15, 0.2) is 12.4 Å². The average molecular weight is 265 g/mol. The zero-order valence-corrected chi connectivity index (χ0v) is 12.1. The van der Waals surface area contributed by atoms with Crippen molar-refractivity contribution in [3.63, 3.8) is 0 Å². The Hall–Kier alpha value is -0.870. The van der Waals surface area contributed by atoms with Gasteiger partial charge in [-0.15, -0.1) is 0 Å². The van der Waals surface area contributed by atoms with Crippen LogP contribution in [-0.4, -0.2) is 45.5 Å². The molecule has 0 aliphatic heterocycles. The summed E-state index contributed by atoms with van der Waals surface area (Å²) >= 11 is 0. The van der Waals surface area contributed by atoms with Crippen molar-refractivity contribution < 1.29 is 5.11 Å². The van der Waals surface area contributed by atoms with Crippen LogP contribution in [0.3, 0.4) is 0 Å². The molecule has 1 fully saturated rings. The fourth-order valence-corrected chi connectivity index (χ4v) is 3.14. The molecule has 0 aromatic carbocycles. The maximum atomic E-state index is 9.23. The van der Waals surface area contributed by atoms with Crippen LogP contribution in [0.2, 0.25) is 0 Å². The molecule has 0 radical (unpaired) electrons. The fraction of sp³-hybridized carbons (Fsp3) is 0.800. The summed E-state index contributed by atoms with van der Waals surface area (Å²) in [6, 6.07) is 0.704. The van der Waals surface area contributed by atoms with E-state index in [0.29, 0.717) is 6.04 Å². The van der Waals surface area contributed by atoms with Crippen molar-refractivity contribution >= 4 is 0 Å². The van der Waals surface area contributed by atoms with Gasteiger partial charge in [0.25, 0.3) is 0 Å². The first-order valence-electron chi connectivity index (χ1n) is 7.62. The lowest BCUT2D eigenvalue weighted by Gasteiger charge is -2.33. The highest BCUT2D eigenvalue weighted by Crippen LogP contribution is 2.22. The zero-order valence-electron chi connectivity index (χ0n) is 12.1. The van der Waals surface area contributed by atoms with E-state index in [1.54, 1.807) is 0 Å². The van der Waals surface area contributed by atoms with Gasteiger partial charge in [-0.25, -0.2) is 0 Å². The first-order valence-corrected chi connectivity index (χ1v) is 7.62. The molecular weight excluding hydrogens is 238 g/mol. The van der Waals surface area contributed by atoms with Crippen molar-refractivity contribution in [1.82, 2.24) is 14.7 Å². The number of rotatable bonds is 7. The minimum Gasteiger partial charge on any atom is -0.395 e. The Bertz CT molecular complexity index is 358. The van der Waals surface area contributed by atoms with Crippen molar-refractivity contribution in [3.05, 3.63) is 18.0 Å². The molecule has 19 heavy (non-hydrogen) atoms. The highest BCUT2D eigenvalue weighted by Gasteiger charge is 2.20. The fourth-order valence-electron chi connectivity index (χ4n) is 3.14. The van der Waals surface area contributed by atoms with Gasteiger partial charge >= 0.3 is 0 Å². The molecule has 4 heteroatoms. The van der Waals surface area contributed by atoms with Gasteiger partial charge in [-0.05, 0) is 37.8 Å². The lowest BCUT2D eigenvalue weighted by Crippen LogP contribution is -2.39. The van der Waals surface area contributed by atoms with Gasteiger partial charge in [-0.1, -0.05) is 19.3 Å². The average Bonchev–Trinajstić information content (AvgIpc) is 2.84. The topological polar surface area (TPSA) is 41.3 Å². The molecule has 1 aliphatic carbocycles. The van der Waals surface area contributed by atoms with E-state index in [4.69, 9.17) is 0 Å². The monoisotopic (exact) mass is 265 g/mol. The third kappa shape index (κ3) is 4.62. The molecular formula is C15H27N3O. The maximum absolute atomic E-state index is 9.23. The van der Waals surface area contributed by atoms with Gasteiger partial charge < -0.3 is 5.11 Å². The molecule has 0 atom stereocenters. The van der Waals surface area contributed by atoms with Gasteiger partial charge in [0.2, 0.25) is 0 Å². The van der Waals surface area contributed by atoms with Crippen LogP contribution in [0.1, 0.15) is 44.1 Å². The number of hydrogen-bond donors (Lipinski definition) is 1. The largest absolute Gasteiger partial charge is 0.395 e. The smallest absolute Gasteiger partial charge is 0.0558 e. The third-order valence-corrected chi connectivity index (χ3v) is 4.15. The quantitative estimate of drug-likeness (QED) is 0.819. The minimum atomic E-state index is 0.281. The molecule has 1 aliphatic rings. The summed E-state index contributed by atoms with van der Waals surface area (Å²) in [7, 11) is 1.96. The summed E-state index contributed by atoms with van der Waals surface area (Å²) in [6.07, 6.45) is 13.0. The number of nitrogens with zero attached hydrogens (tertiary/aromatic N) is 3. The Labute approximate surface area is 116 Å². The van der Waals surface area contributed by atoms with Crippen molar-refractivity contribution in [2.24, 2.45) is 7.05 Å². The lowest BCUT2D eigenvalue weighted by atomic mass is 9.94. The standard InChI is InChI=1S/C15H27N3O/c1-17-13-14(12-16-17)6-5-9-18(10-11-19)15-7-3-2-4-8-15/h12-13,15,19H,2-11H2,1H3. The molecule has 1 N–H and O–H groups in total. The van der Waals surface area contributed by atoms with Gasteiger partial charge in [0, 0.05) is 25.8 Å². The molecule has 4 nitrogen and oxygen atoms in total. The summed E-state index contributed by atoms with van der Waals surface area (Å²) < 4.78 is 1.86. The van der Waals surface area contributed by atoms with Crippen LogP contribution in [0.5, 0.6) is 0 Å². The summed E-state index contributed by atoms with van der Waals surface area (Å²) in [5, 5.41) is 13.4. The lowest BCUT2D eigenvalue weighted by molar-refractivity contribution is 0.123. The number of aryl methyl sites for hydroxylation is 2. The van der Waals surface area contributed by atoms with Crippen LogP contribution < -0.4 is 0 Å². The summed E-state index contributed by atoms with van der Waals surface area (Å²) in [5.74, 6) is 0. The van der Waals surface area contributed by atoms with Gasteiger partial charge in [0.05, 0.1) is 12.8 Å². The Morgan fingerprint density at radius 3 is 2.74 bits per heavy atom. The van der Waals surface area contributed by atoms with E-state index >= 15 is 0 Å². The third-order valence-electron chi connectivity index (χ3n) is 4.15. The van der Waals surface area contributed by atoms with E-state index in [2.05, 4.69) is 16.2 Å². The van der Waals surface area contributed by atoms with Crippen molar-refractivity contribution in [2.45, 2.75) is 51.0 Å². The summed E-state index contributed by atoms with van der Waals surface area (Å²) in [6.45, 7) is 2.21. The Kier molecular flexibility index (Phi) is 5.86. The normalized spacial score (nSPS) is 17.2. The highest BCUT2D eigenvalue weighted by molar-refractivity contribution is 5.03. The van der Waals surface area contributed by atoms with Crippen molar-refractivity contribution in [3.8, 4) is 0 Å². The molecule has 108 valence electrons. The minimum absolute atomic E-state index is 0.281. The van der Waals surface area contributed by atoms with E-state index in [1.165, 1.54) is 37.7 Å². The predicted octanol–water partition coefficient (Wildman–Crippen LogP) is 1.98. The van der Waals surface area contributed by atoms with Crippen LogP contribution in [-0.2, 0) is 13.5 Å². The second kappa shape index (κ2) is 7.65. The van der Waals surface area contributed by atoms with E-state index in [1.807, 2.05) is 17.9 Å². The number of aliphatic hydroxyl groups is 1. The first kappa shape index (κ1) is 14.5. The van der Waals surface area contributed by atoms with Crippen molar-refractivity contribution in [2.75, 3.05) is 19.7 Å². The van der Waals surface area contributed by atoms with Crippen LogP contribution in [0.4, 0.5) is 0 Å². The Balaban J connectivity index is 1.76. The van der Waals surface area contributed by atoms with E-state index in [-0.39, 0.29) is 6.61 Å². The molecule has 0 unspecified atom stereocenters. The van der Waals surface area contributed by atoms with E-state index in [9.17, 15) is 5.11 Å². The molecule has 1 aromatic rings. The second-order valence-corrected chi connectivity index (χ2v) is 5.68. The van der Waals surface area contributed by atoms with Gasteiger partial charge in [-0.2, -0.15) is 5.10 Å². The molecule has 0 saturated heterocycles. The predicted molar refractivity (Wildman–Crippen MR) is 77.1 cm³/mol. The highest BCUT2D eigenvalue weighted by atomic mass is 16.3. The number of hydrogen-bond acceptors (Lipinski definition) is 3. The van der Waals surface area contributed by atoms with Gasteiger partial charge in [-0.3, -0.25) is 9.58 Å². The van der Waals surface area contributed by atoms with Crippen LogP contribution in [0, 0.1) is 0 Å². The Morgan fingerprint density at radius 2 is 2.11 bits per heavy atom. The second-order valence-electron chi connectivity index (χ2n) is 5.68. The molecule has 0 spiro atoms. The van der Waals surface area contributed by atoms with Crippen molar-refractivity contribution in [1.29, 1.82) is 0 Å². The molecule has 1 heterocycles. The van der Waals surface area contributed by atoms with Crippen LogP contribution >= 0.6 is 0 Å².